The van der Waals surface area contributed by atoms with E-state index in [1.54, 1.807) is 36.1 Å². The van der Waals surface area contributed by atoms with E-state index in [0.29, 0.717) is 18.0 Å². The molecule has 34 heavy (non-hydrogen) atoms. The van der Waals surface area contributed by atoms with E-state index in [4.69, 9.17) is 9.47 Å². The summed E-state index contributed by atoms with van der Waals surface area (Å²) in [7, 11) is 3.04. The van der Waals surface area contributed by atoms with E-state index in [9.17, 15) is 9.59 Å². The molecule has 3 aromatic rings. The standard InChI is InChI=1S/C26H30N4O4/c1-33-23-10-6-7-20(15-23)27-26(32)19-30-18-25(34-2)24(31)16-22(30)17-28-11-13-29(14-12-28)21-8-4-3-5-9-21/h3-10,15-16,18H,11-14,17,19H2,1-2H3,(H,27,32). The van der Waals surface area contributed by atoms with Gasteiger partial charge in [-0.3, -0.25) is 14.5 Å². The van der Waals surface area contributed by atoms with E-state index in [1.165, 1.54) is 12.8 Å². The maximum atomic E-state index is 12.8. The predicted molar refractivity (Wildman–Crippen MR) is 133 cm³/mol. The Bertz CT molecular complexity index is 1170. The molecule has 1 saturated heterocycles. The van der Waals surface area contributed by atoms with Crippen LogP contribution in [-0.2, 0) is 17.9 Å². The number of methoxy groups -OCH3 is 2. The van der Waals surface area contributed by atoms with Crippen molar-refractivity contribution < 1.29 is 14.3 Å². The van der Waals surface area contributed by atoms with Crippen LogP contribution < -0.4 is 25.1 Å². The molecule has 0 atom stereocenters. The van der Waals surface area contributed by atoms with Crippen LogP contribution in [0.5, 0.6) is 11.5 Å². The number of amides is 1. The monoisotopic (exact) mass is 462 g/mol. The summed E-state index contributed by atoms with van der Waals surface area (Å²) >= 11 is 0. The number of benzene rings is 2. The first-order valence-corrected chi connectivity index (χ1v) is 11.3. The van der Waals surface area contributed by atoms with E-state index >= 15 is 0 Å². The summed E-state index contributed by atoms with van der Waals surface area (Å²) in [6.07, 6.45) is 1.61. The Hall–Kier alpha value is -3.78. The maximum absolute atomic E-state index is 12.8. The van der Waals surface area contributed by atoms with E-state index in [2.05, 4.69) is 27.2 Å². The predicted octanol–water partition coefficient (Wildman–Crippen LogP) is 2.83. The minimum Gasteiger partial charge on any atom is -0.497 e. The van der Waals surface area contributed by atoms with Gasteiger partial charge >= 0.3 is 0 Å². The molecule has 1 aliphatic heterocycles. The van der Waals surface area contributed by atoms with Crippen LogP contribution in [0.2, 0.25) is 0 Å². The number of pyridine rings is 1. The zero-order chi connectivity index (χ0) is 23.9. The molecule has 0 spiro atoms. The molecule has 1 amide bonds. The first-order valence-electron chi connectivity index (χ1n) is 11.3. The van der Waals surface area contributed by atoms with Crippen LogP contribution >= 0.6 is 0 Å². The van der Waals surface area contributed by atoms with E-state index in [0.717, 1.165) is 31.9 Å². The third-order valence-corrected chi connectivity index (χ3v) is 5.95. The fourth-order valence-corrected chi connectivity index (χ4v) is 4.12. The van der Waals surface area contributed by atoms with Gasteiger partial charge in [-0.2, -0.15) is 0 Å². The average Bonchev–Trinajstić information content (AvgIpc) is 2.86. The molecule has 0 saturated carbocycles. The number of para-hydroxylation sites is 1. The minimum atomic E-state index is -0.200. The van der Waals surface area contributed by atoms with Crippen molar-refractivity contribution in [1.82, 2.24) is 9.47 Å². The molecule has 0 bridgehead atoms. The Morgan fingerprint density at radius 3 is 2.41 bits per heavy atom. The number of ether oxygens (including phenoxy) is 2. The zero-order valence-electron chi connectivity index (χ0n) is 19.6. The lowest BCUT2D eigenvalue weighted by Gasteiger charge is -2.36. The topological polar surface area (TPSA) is 76.0 Å². The van der Waals surface area contributed by atoms with Crippen molar-refractivity contribution >= 4 is 17.3 Å². The van der Waals surface area contributed by atoms with Crippen molar-refractivity contribution in [1.29, 1.82) is 0 Å². The summed E-state index contributed by atoms with van der Waals surface area (Å²) in [6, 6.07) is 19.1. The van der Waals surface area contributed by atoms with Crippen LogP contribution in [0.4, 0.5) is 11.4 Å². The summed E-state index contributed by atoms with van der Waals surface area (Å²) in [6.45, 7) is 4.18. The highest BCUT2D eigenvalue weighted by Crippen LogP contribution is 2.19. The second-order valence-electron chi connectivity index (χ2n) is 8.20. The second kappa shape index (κ2) is 10.9. The van der Waals surface area contributed by atoms with Gasteiger partial charge in [0.2, 0.25) is 11.3 Å². The number of carbonyl (C=O) groups is 1. The number of aromatic nitrogens is 1. The third kappa shape index (κ3) is 5.77. The third-order valence-electron chi connectivity index (χ3n) is 5.95. The normalized spacial score (nSPS) is 14.0. The lowest BCUT2D eigenvalue weighted by atomic mass is 10.2. The molecule has 4 rings (SSSR count). The fourth-order valence-electron chi connectivity index (χ4n) is 4.12. The number of anilines is 2. The smallest absolute Gasteiger partial charge is 0.244 e. The van der Waals surface area contributed by atoms with Crippen molar-refractivity contribution in [3.8, 4) is 11.5 Å². The van der Waals surface area contributed by atoms with Crippen molar-refractivity contribution in [3.05, 3.63) is 82.8 Å². The van der Waals surface area contributed by atoms with Gasteiger partial charge in [0.15, 0.2) is 5.75 Å². The van der Waals surface area contributed by atoms with E-state index in [1.807, 2.05) is 30.3 Å². The zero-order valence-corrected chi connectivity index (χ0v) is 19.6. The van der Waals surface area contributed by atoms with Gasteiger partial charge in [-0.25, -0.2) is 0 Å². The number of nitrogens with one attached hydrogen (secondary N) is 1. The second-order valence-corrected chi connectivity index (χ2v) is 8.20. The van der Waals surface area contributed by atoms with Gasteiger partial charge in [0.05, 0.1) is 20.4 Å². The molecule has 1 aliphatic rings. The quantitative estimate of drug-likeness (QED) is 0.555. The van der Waals surface area contributed by atoms with Gasteiger partial charge in [-0.05, 0) is 24.3 Å². The summed E-state index contributed by atoms with van der Waals surface area (Å²) in [5, 5.41) is 2.89. The van der Waals surface area contributed by atoms with Gasteiger partial charge in [0, 0.05) is 61.9 Å². The fraction of sp³-hybridized carbons (Fsp3) is 0.308. The molecule has 0 unspecified atom stereocenters. The summed E-state index contributed by atoms with van der Waals surface area (Å²) in [5.41, 5.74) is 2.46. The lowest BCUT2D eigenvalue weighted by molar-refractivity contribution is -0.116. The Morgan fingerprint density at radius 2 is 1.71 bits per heavy atom. The highest BCUT2D eigenvalue weighted by Gasteiger charge is 2.19. The Labute approximate surface area is 199 Å². The van der Waals surface area contributed by atoms with Crippen LogP contribution in [0.15, 0.2) is 71.7 Å². The van der Waals surface area contributed by atoms with Gasteiger partial charge in [0.25, 0.3) is 0 Å². The van der Waals surface area contributed by atoms with Crippen molar-refractivity contribution in [2.75, 3.05) is 50.6 Å². The van der Waals surface area contributed by atoms with E-state index < -0.39 is 0 Å². The maximum Gasteiger partial charge on any atom is 0.244 e. The highest BCUT2D eigenvalue weighted by atomic mass is 16.5. The molecule has 1 fully saturated rings. The van der Waals surface area contributed by atoms with Crippen LogP contribution in [0.3, 0.4) is 0 Å². The number of rotatable bonds is 8. The molecule has 0 aliphatic carbocycles. The van der Waals surface area contributed by atoms with Gasteiger partial charge in [-0.15, -0.1) is 0 Å². The molecule has 0 radical (unpaired) electrons. The molecule has 178 valence electrons. The van der Waals surface area contributed by atoms with Crippen LogP contribution in [-0.4, -0.2) is 55.8 Å². The van der Waals surface area contributed by atoms with Gasteiger partial charge in [-0.1, -0.05) is 24.3 Å². The number of carbonyl (C=O) groups excluding carboxylic acids is 1. The SMILES string of the molecule is COc1cccc(NC(=O)Cn2cc(OC)c(=O)cc2CN2CCN(c3ccccc3)CC2)c1. The first-order chi connectivity index (χ1) is 16.6. The molecule has 8 nitrogen and oxygen atoms in total. The lowest BCUT2D eigenvalue weighted by Crippen LogP contribution is -2.46. The number of hydrogen-bond donors (Lipinski definition) is 1. The summed E-state index contributed by atoms with van der Waals surface area (Å²) in [4.78, 5) is 29.9. The molecular formula is C26H30N4O4. The Morgan fingerprint density at radius 1 is 0.941 bits per heavy atom. The molecule has 2 heterocycles. The van der Waals surface area contributed by atoms with Crippen LogP contribution in [0.1, 0.15) is 5.69 Å². The largest absolute Gasteiger partial charge is 0.497 e. The summed E-state index contributed by atoms with van der Waals surface area (Å²) in [5.74, 6) is 0.680. The molecule has 1 aromatic heterocycles. The number of hydrogen-bond acceptors (Lipinski definition) is 6. The van der Waals surface area contributed by atoms with Gasteiger partial charge in [0.1, 0.15) is 12.3 Å². The number of nitrogens with zero attached hydrogens (tertiary/aromatic N) is 3. The minimum absolute atomic E-state index is 0.0627. The highest BCUT2D eigenvalue weighted by molar-refractivity contribution is 5.90. The van der Waals surface area contributed by atoms with Crippen molar-refractivity contribution in [3.63, 3.8) is 0 Å². The molecular weight excluding hydrogens is 432 g/mol. The van der Waals surface area contributed by atoms with Crippen LogP contribution in [0, 0.1) is 0 Å². The molecule has 2 aromatic carbocycles. The van der Waals surface area contributed by atoms with Crippen molar-refractivity contribution in [2.45, 2.75) is 13.1 Å². The summed E-state index contributed by atoms with van der Waals surface area (Å²) < 4.78 is 12.2. The van der Waals surface area contributed by atoms with E-state index in [-0.39, 0.29) is 23.6 Å². The Kier molecular flexibility index (Phi) is 7.49. The molecule has 1 N–H and O–H groups in total. The average molecular weight is 463 g/mol. The van der Waals surface area contributed by atoms with Crippen molar-refractivity contribution in [2.24, 2.45) is 0 Å². The number of piperazine rings is 1. The molecule has 8 heteroatoms. The van der Waals surface area contributed by atoms with Crippen LogP contribution in [0.25, 0.3) is 0 Å². The first kappa shape index (κ1) is 23.4. The Balaban J connectivity index is 1.45. The van der Waals surface area contributed by atoms with Gasteiger partial charge < -0.3 is 24.3 Å².